The average Bonchev–Trinajstić information content (AvgIpc) is 2.35. The van der Waals surface area contributed by atoms with Gasteiger partial charge in [0.15, 0.2) is 11.5 Å². The SMILES string of the molecule is C=C(C)COc1c(OC)cc(CC(C)N)cc1OC.Cl. The standard InChI is InChI=1S/C15H23NO3.ClH/c1-10(2)9-19-15-13(17-4)7-12(6-11(3)16)8-14(15)18-5;/h7-8,11H,1,6,9,16H2,2-5H3;1H. The second-order valence-electron chi connectivity index (χ2n) is 4.76. The van der Waals surface area contributed by atoms with Crippen molar-refractivity contribution in [1.82, 2.24) is 0 Å². The zero-order valence-corrected chi connectivity index (χ0v) is 13.4. The molecule has 4 nitrogen and oxygen atoms in total. The number of hydrogen-bond donors (Lipinski definition) is 1. The fourth-order valence-corrected chi connectivity index (χ4v) is 1.76. The highest BCUT2D eigenvalue weighted by Gasteiger charge is 2.14. The second kappa shape index (κ2) is 8.72. The number of benzene rings is 1. The molecule has 1 unspecified atom stereocenters. The molecule has 1 aromatic rings. The van der Waals surface area contributed by atoms with Crippen molar-refractivity contribution in [3.63, 3.8) is 0 Å². The van der Waals surface area contributed by atoms with Crippen LogP contribution in [0.3, 0.4) is 0 Å². The molecule has 1 rings (SSSR count). The van der Waals surface area contributed by atoms with E-state index in [4.69, 9.17) is 19.9 Å². The highest BCUT2D eigenvalue weighted by atomic mass is 35.5. The average molecular weight is 302 g/mol. The summed E-state index contributed by atoms with van der Waals surface area (Å²) < 4.78 is 16.4. The van der Waals surface area contributed by atoms with Crippen LogP contribution >= 0.6 is 12.4 Å². The maximum atomic E-state index is 5.82. The van der Waals surface area contributed by atoms with Gasteiger partial charge in [-0.05, 0) is 43.5 Å². The van der Waals surface area contributed by atoms with Crippen LogP contribution in [-0.2, 0) is 6.42 Å². The Hall–Kier alpha value is -1.39. The molecule has 1 atom stereocenters. The van der Waals surface area contributed by atoms with E-state index in [9.17, 15) is 0 Å². The number of halogens is 1. The van der Waals surface area contributed by atoms with Gasteiger partial charge in [-0.1, -0.05) is 6.58 Å². The van der Waals surface area contributed by atoms with E-state index in [-0.39, 0.29) is 18.4 Å². The van der Waals surface area contributed by atoms with E-state index in [1.807, 2.05) is 26.0 Å². The van der Waals surface area contributed by atoms with E-state index in [1.165, 1.54) is 0 Å². The fraction of sp³-hybridized carbons (Fsp3) is 0.467. The van der Waals surface area contributed by atoms with Gasteiger partial charge in [0.2, 0.25) is 5.75 Å². The minimum atomic E-state index is 0. The lowest BCUT2D eigenvalue weighted by molar-refractivity contribution is 0.295. The van der Waals surface area contributed by atoms with Crippen LogP contribution in [0, 0.1) is 0 Å². The van der Waals surface area contributed by atoms with Crippen molar-refractivity contribution in [2.24, 2.45) is 5.73 Å². The Morgan fingerprint density at radius 2 is 1.75 bits per heavy atom. The number of ether oxygens (including phenoxy) is 3. The van der Waals surface area contributed by atoms with Gasteiger partial charge in [0.1, 0.15) is 6.61 Å². The van der Waals surface area contributed by atoms with E-state index in [0.29, 0.717) is 23.9 Å². The molecule has 0 aliphatic rings. The van der Waals surface area contributed by atoms with Crippen molar-refractivity contribution >= 4 is 12.4 Å². The van der Waals surface area contributed by atoms with E-state index in [0.717, 1.165) is 17.6 Å². The van der Waals surface area contributed by atoms with Gasteiger partial charge in [-0.2, -0.15) is 0 Å². The fourth-order valence-electron chi connectivity index (χ4n) is 1.76. The molecule has 0 heterocycles. The molecular formula is C15H24ClNO3. The smallest absolute Gasteiger partial charge is 0.203 e. The Morgan fingerprint density at radius 3 is 2.10 bits per heavy atom. The Kier molecular flexibility index (Phi) is 8.11. The Bertz CT molecular complexity index is 422. The maximum Gasteiger partial charge on any atom is 0.203 e. The maximum absolute atomic E-state index is 5.82. The Labute approximate surface area is 127 Å². The largest absolute Gasteiger partial charge is 0.493 e. The molecule has 5 heteroatoms. The number of hydrogen-bond acceptors (Lipinski definition) is 4. The molecular weight excluding hydrogens is 278 g/mol. The minimum Gasteiger partial charge on any atom is -0.493 e. The van der Waals surface area contributed by atoms with Gasteiger partial charge in [0.25, 0.3) is 0 Å². The van der Waals surface area contributed by atoms with Crippen molar-refractivity contribution < 1.29 is 14.2 Å². The number of methoxy groups -OCH3 is 2. The van der Waals surface area contributed by atoms with E-state index >= 15 is 0 Å². The molecule has 114 valence electrons. The summed E-state index contributed by atoms with van der Waals surface area (Å²) in [6, 6.07) is 3.94. The molecule has 0 saturated carbocycles. The lowest BCUT2D eigenvalue weighted by Crippen LogP contribution is -2.17. The normalized spacial score (nSPS) is 11.2. The zero-order chi connectivity index (χ0) is 14.4. The molecule has 0 saturated heterocycles. The first-order chi connectivity index (χ1) is 8.97. The van der Waals surface area contributed by atoms with Crippen molar-refractivity contribution in [2.75, 3.05) is 20.8 Å². The molecule has 2 N–H and O–H groups in total. The molecule has 0 bridgehead atoms. The van der Waals surface area contributed by atoms with Crippen molar-refractivity contribution in [3.8, 4) is 17.2 Å². The lowest BCUT2D eigenvalue weighted by atomic mass is 10.1. The molecule has 0 aliphatic heterocycles. The van der Waals surface area contributed by atoms with Gasteiger partial charge >= 0.3 is 0 Å². The summed E-state index contributed by atoms with van der Waals surface area (Å²) in [7, 11) is 3.22. The Balaban J connectivity index is 0.00000361. The molecule has 0 amide bonds. The van der Waals surface area contributed by atoms with Crippen LogP contribution in [0.25, 0.3) is 0 Å². The molecule has 0 aliphatic carbocycles. The number of rotatable bonds is 7. The van der Waals surface area contributed by atoms with Gasteiger partial charge in [-0.3, -0.25) is 0 Å². The first-order valence-electron chi connectivity index (χ1n) is 6.25. The zero-order valence-electron chi connectivity index (χ0n) is 12.6. The van der Waals surface area contributed by atoms with E-state index in [1.54, 1.807) is 14.2 Å². The highest BCUT2D eigenvalue weighted by molar-refractivity contribution is 5.85. The number of nitrogens with two attached hydrogens (primary N) is 1. The molecule has 1 aromatic carbocycles. The quantitative estimate of drug-likeness (QED) is 0.787. The summed E-state index contributed by atoms with van der Waals surface area (Å²) in [6.07, 6.45) is 0.757. The van der Waals surface area contributed by atoms with Crippen LogP contribution in [0.5, 0.6) is 17.2 Å². The van der Waals surface area contributed by atoms with Crippen LogP contribution < -0.4 is 19.9 Å². The molecule has 0 aromatic heterocycles. The van der Waals surface area contributed by atoms with Crippen LogP contribution in [0.1, 0.15) is 19.4 Å². The van der Waals surface area contributed by atoms with Crippen molar-refractivity contribution in [2.45, 2.75) is 26.3 Å². The summed E-state index contributed by atoms with van der Waals surface area (Å²) in [5, 5.41) is 0. The van der Waals surface area contributed by atoms with Crippen LogP contribution in [-0.4, -0.2) is 26.9 Å². The van der Waals surface area contributed by atoms with Crippen molar-refractivity contribution in [1.29, 1.82) is 0 Å². The van der Waals surface area contributed by atoms with Crippen molar-refractivity contribution in [3.05, 3.63) is 29.8 Å². The van der Waals surface area contributed by atoms with Gasteiger partial charge in [0.05, 0.1) is 14.2 Å². The monoisotopic (exact) mass is 301 g/mol. The lowest BCUT2D eigenvalue weighted by Gasteiger charge is -2.16. The van der Waals surface area contributed by atoms with Gasteiger partial charge in [-0.15, -0.1) is 12.4 Å². The third-order valence-corrected chi connectivity index (χ3v) is 2.54. The molecule has 0 fully saturated rings. The van der Waals surface area contributed by atoms with Gasteiger partial charge in [0, 0.05) is 6.04 Å². The summed E-state index contributed by atoms with van der Waals surface area (Å²) in [6.45, 7) is 8.11. The predicted molar refractivity (Wildman–Crippen MR) is 84.5 cm³/mol. The predicted octanol–water partition coefficient (Wildman–Crippen LogP) is 2.97. The van der Waals surface area contributed by atoms with Gasteiger partial charge in [-0.25, -0.2) is 0 Å². The first kappa shape index (κ1) is 18.6. The van der Waals surface area contributed by atoms with Gasteiger partial charge < -0.3 is 19.9 Å². The third kappa shape index (κ3) is 5.31. The van der Waals surface area contributed by atoms with E-state index in [2.05, 4.69) is 6.58 Å². The van der Waals surface area contributed by atoms with E-state index < -0.39 is 0 Å². The summed E-state index contributed by atoms with van der Waals surface area (Å²) >= 11 is 0. The first-order valence-corrected chi connectivity index (χ1v) is 6.25. The van der Waals surface area contributed by atoms with Crippen LogP contribution in [0.4, 0.5) is 0 Å². The summed E-state index contributed by atoms with van der Waals surface area (Å²) in [5.41, 5.74) is 7.81. The third-order valence-electron chi connectivity index (χ3n) is 2.54. The summed E-state index contributed by atoms with van der Waals surface area (Å²) in [4.78, 5) is 0. The molecule has 0 spiro atoms. The summed E-state index contributed by atoms with van der Waals surface area (Å²) in [5.74, 6) is 1.90. The highest BCUT2D eigenvalue weighted by Crippen LogP contribution is 2.39. The second-order valence-corrected chi connectivity index (χ2v) is 4.76. The van der Waals surface area contributed by atoms with Crippen LogP contribution in [0.2, 0.25) is 0 Å². The van der Waals surface area contributed by atoms with Crippen LogP contribution in [0.15, 0.2) is 24.3 Å². The Morgan fingerprint density at radius 1 is 1.25 bits per heavy atom. The minimum absolute atomic E-state index is 0. The molecule has 20 heavy (non-hydrogen) atoms. The topological polar surface area (TPSA) is 53.7 Å². The molecule has 0 radical (unpaired) electrons.